The topological polar surface area (TPSA) is 140 Å². The molecule has 1 unspecified atom stereocenters. The lowest BCUT2D eigenvalue weighted by molar-refractivity contribution is 0.252. The lowest BCUT2D eigenvalue weighted by Crippen LogP contribution is -2.31. The third-order valence-electron chi connectivity index (χ3n) is 7.97. The largest absolute Gasteiger partial charge is 0.504 e. The first-order valence-electron chi connectivity index (χ1n) is 15.4. The zero-order chi connectivity index (χ0) is 31.8. The molecule has 0 spiro atoms. The summed E-state index contributed by atoms with van der Waals surface area (Å²) >= 11 is 0. The Morgan fingerprint density at radius 1 is 0.867 bits per heavy atom. The number of carbonyl (C=O) groups is 1. The maximum absolute atomic E-state index is 13.0. The number of rotatable bonds is 12. The minimum absolute atomic E-state index is 0.00889. The van der Waals surface area contributed by atoms with Gasteiger partial charge >= 0.3 is 6.03 Å². The van der Waals surface area contributed by atoms with Gasteiger partial charge in [-0.05, 0) is 102 Å². The van der Waals surface area contributed by atoms with Gasteiger partial charge in [-0.1, -0.05) is 62.6 Å². The minimum atomic E-state index is -3.83. The molecule has 0 radical (unpaired) electrons. The Bertz CT molecular complexity index is 1720. The standard InChI is InChI=1S/C35H40N4O5S/c1-2-3-4-5-18-37-35(42)38-28-13-15-30(16-14-28)45(43,44)39-29-11-9-25(10-12-29)26-8-6-7-24(20-26)21-32-31-23-34(41)33(40)22-27(31)17-19-36-32/h6-16,20,22-23,32,36,39-41H,2-5,17-19,21H2,1H3,(H2,37,38,42). The van der Waals surface area contributed by atoms with Crippen LogP contribution in [0.2, 0.25) is 0 Å². The van der Waals surface area contributed by atoms with E-state index in [-0.39, 0.29) is 28.5 Å². The molecule has 0 aromatic heterocycles. The second-order valence-electron chi connectivity index (χ2n) is 11.3. The van der Waals surface area contributed by atoms with Crippen LogP contribution in [0, 0.1) is 0 Å². The number of fused-ring (bicyclic) bond motifs is 1. The van der Waals surface area contributed by atoms with E-state index in [9.17, 15) is 23.4 Å². The van der Waals surface area contributed by atoms with E-state index in [0.717, 1.165) is 66.5 Å². The summed E-state index contributed by atoms with van der Waals surface area (Å²) in [6.45, 7) is 3.52. The van der Waals surface area contributed by atoms with E-state index >= 15 is 0 Å². The van der Waals surface area contributed by atoms with Gasteiger partial charge in [0.1, 0.15) is 0 Å². The minimum Gasteiger partial charge on any atom is -0.504 e. The number of benzene rings is 4. The van der Waals surface area contributed by atoms with Crippen molar-refractivity contribution in [3.8, 4) is 22.6 Å². The summed E-state index contributed by atoms with van der Waals surface area (Å²) in [6, 6.07) is 24.4. The molecule has 5 rings (SSSR count). The monoisotopic (exact) mass is 628 g/mol. The van der Waals surface area contributed by atoms with Crippen molar-refractivity contribution in [3.63, 3.8) is 0 Å². The van der Waals surface area contributed by atoms with Crippen LogP contribution < -0.4 is 20.7 Å². The summed E-state index contributed by atoms with van der Waals surface area (Å²) in [5.41, 5.74) is 6.02. The highest BCUT2D eigenvalue weighted by molar-refractivity contribution is 7.92. The Hall–Kier alpha value is -4.54. The Morgan fingerprint density at radius 2 is 1.60 bits per heavy atom. The number of hydrogen-bond acceptors (Lipinski definition) is 6. The number of nitrogens with one attached hydrogen (secondary N) is 4. The lowest BCUT2D eigenvalue weighted by atomic mass is 9.89. The molecule has 0 aliphatic carbocycles. The third-order valence-corrected chi connectivity index (χ3v) is 9.37. The van der Waals surface area contributed by atoms with E-state index in [0.29, 0.717) is 24.3 Å². The van der Waals surface area contributed by atoms with Gasteiger partial charge in [-0.2, -0.15) is 0 Å². The van der Waals surface area contributed by atoms with Crippen LogP contribution in [0.4, 0.5) is 16.2 Å². The molecule has 6 N–H and O–H groups in total. The van der Waals surface area contributed by atoms with Gasteiger partial charge in [0.15, 0.2) is 11.5 Å². The Morgan fingerprint density at radius 3 is 2.36 bits per heavy atom. The first-order chi connectivity index (χ1) is 21.7. The highest BCUT2D eigenvalue weighted by Gasteiger charge is 2.22. The van der Waals surface area contributed by atoms with Gasteiger partial charge < -0.3 is 26.2 Å². The molecule has 0 bridgehead atoms. The van der Waals surface area contributed by atoms with Crippen LogP contribution in [0.5, 0.6) is 11.5 Å². The average molecular weight is 629 g/mol. The fourth-order valence-corrected chi connectivity index (χ4v) is 6.61. The van der Waals surface area contributed by atoms with Crippen molar-refractivity contribution < 1.29 is 23.4 Å². The molecule has 4 aromatic carbocycles. The lowest BCUT2D eigenvalue weighted by Gasteiger charge is -2.27. The van der Waals surface area contributed by atoms with Gasteiger partial charge in [0.2, 0.25) is 0 Å². The molecule has 0 saturated heterocycles. The van der Waals surface area contributed by atoms with E-state index in [1.807, 2.05) is 24.3 Å². The molecule has 1 aliphatic rings. The Labute approximate surface area is 264 Å². The van der Waals surface area contributed by atoms with E-state index < -0.39 is 10.0 Å². The van der Waals surface area contributed by atoms with Crippen molar-refractivity contribution in [1.29, 1.82) is 0 Å². The molecule has 0 fully saturated rings. The van der Waals surface area contributed by atoms with Gasteiger partial charge in [0.25, 0.3) is 10.0 Å². The van der Waals surface area contributed by atoms with E-state index in [1.165, 1.54) is 12.1 Å². The van der Waals surface area contributed by atoms with E-state index in [1.54, 1.807) is 36.4 Å². The molecule has 9 nitrogen and oxygen atoms in total. The summed E-state index contributed by atoms with van der Waals surface area (Å²) < 4.78 is 28.7. The quantitative estimate of drug-likeness (QED) is 0.0763. The number of aromatic hydroxyl groups is 2. The number of urea groups is 1. The predicted molar refractivity (Wildman–Crippen MR) is 178 cm³/mol. The van der Waals surface area contributed by atoms with Crippen molar-refractivity contribution >= 4 is 27.4 Å². The normalized spacial score (nSPS) is 14.4. The SMILES string of the molecule is CCCCCCNC(=O)Nc1ccc(S(=O)(=O)Nc2ccc(-c3cccc(CC4NCCc5cc(O)c(O)cc54)c3)cc2)cc1. The molecule has 1 aliphatic heterocycles. The van der Waals surface area contributed by atoms with Gasteiger partial charge in [-0.3, -0.25) is 4.72 Å². The summed E-state index contributed by atoms with van der Waals surface area (Å²) in [7, 11) is -3.83. The second-order valence-corrected chi connectivity index (χ2v) is 13.0. The Balaban J connectivity index is 1.19. The molecule has 2 amide bonds. The zero-order valence-corrected chi connectivity index (χ0v) is 26.2. The summed E-state index contributed by atoms with van der Waals surface area (Å²) in [5, 5.41) is 29.0. The fraction of sp³-hybridized carbons (Fsp3) is 0.286. The fourth-order valence-electron chi connectivity index (χ4n) is 5.56. The first-order valence-corrected chi connectivity index (χ1v) is 16.9. The van der Waals surface area contributed by atoms with Crippen molar-refractivity contribution in [1.82, 2.24) is 10.6 Å². The molecule has 4 aromatic rings. The van der Waals surface area contributed by atoms with Crippen molar-refractivity contribution in [2.45, 2.75) is 56.4 Å². The van der Waals surface area contributed by atoms with Gasteiger partial charge in [-0.15, -0.1) is 0 Å². The van der Waals surface area contributed by atoms with Crippen LogP contribution >= 0.6 is 0 Å². The van der Waals surface area contributed by atoms with Crippen molar-refractivity contribution in [2.75, 3.05) is 23.1 Å². The molecule has 0 saturated carbocycles. The van der Waals surface area contributed by atoms with Crippen LogP contribution in [0.15, 0.2) is 89.8 Å². The second kappa shape index (κ2) is 14.5. The predicted octanol–water partition coefficient (Wildman–Crippen LogP) is 6.70. The van der Waals surface area contributed by atoms with Crippen LogP contribution in [0.25, 0.3) is 11.1 Å². The molecule has 45 heavy (non-hydrogen) atoms. The van der Waals surface area contributed by atoms with Crippen molar-refractivity contribution in [3.05, 3.63) is 102 Å². The highest BCUT2D eigenvalue weighted by atomic mass is 32.2. The van der Waals surface area contributed by atoms with Crippen LogP contribution in [0.3, 0.4) is 0 Å². The number of unbranched alkanes of at least 4 members (excludes halogenated alkanes) is 3. The molecular formula is C35H40N4O5S. The number of amides is 2. The third kappa shape index (κ3) is 8.34. The maximum Gasteiger partial charge on any atom is 0.319 e. The average Bonchev–Trinajstić information content (AvgIpc) is 3.02. The van der Waals surface area contributed by atoms with Gasteiger partial charge in [0.05, 0.1) is 4.90 Å². The maximum atomic E-state index is 13.0. The molecule has 236 valence electrons. The number of carbonyl (C=O) groups excluding carboxylic acids is 1. The summed E-state index contributed by atoms with van der Waals surface area (Å²) in [6.07, 6.45) is 5.76. The number of phenolic OH excluding ortho intramolecular Hbond substituents is 2. The highest BCUT2D eigenvalue weighted by Crippen LogP contribution is 2.35. The van der Waals surface area contributed by atoms with Crippen LogP contribution in [-0.4, -0.2) is 37.8 Å². The van der Waals surface area contributed by atoms with Gasteiger partial charge in [-0.25, -0.2) is 13.2 Å². The zero-order valence-electron chi connectivity index (χ0n) is 25.3. The van der Waals surface area contributed by atoms with Crippen LogP contribution in [0.1, 0.15) is 55.3 Å². The number of phenols is 2. The number of anilines is 2. The first kappa shape index (κ1) is 31.9. The Kier molecular flexibility index (Phi) is 10.3. The van der Waals surface area contributed by atoms with Crippen molar-refractivity contribution in [2.24, 2.45) is 0 Å². The molecular weight excluding hydrogens is 588 g/mol. The molecule has 1 heterocycles. The molecule has 1 atom stereocenters. The smallest absolute Gasteiger partial charge is 0.319 e. The molecule has 10 heteroatoms. The van der Waals surface area contributed by atoms with Crippen LogP contribution in [-0.2, 0) is 22.9 Å². The summed E-state index contributed by atoms with van der Waals surface area (Å²) in [5.74, 6) is -0.212. The van der Waals surface area contributed by atoms with E-state index in [4.69, 9.17) is 0 Å². The number of hydrogen-bond donors (Lipinski definition) is 6. The number of sulfonamides is 1. The summed E-state index contributed by atoms with van der Waals surface area (Å²) in [4.78, 5) is 12.2. The van der Waals surface area contributed by atoms with E-state index in [2.05, 4.69) is 39.7 Å². The van der Waals surface area contributed by atoms with Gasteiger partial charge in [0, 0.05) is 24.0 Å².